The molecule has 1 saturated carbocycles. The summed E-state index contributed by atoms with van der Waals surface area (Å²) in [6.07, 6.45) is -4.43. The Hall–Kier alpha value is -2.05. The van der Waals surface area contributed by atoms with Crippen LogP contribution in [0.5, 0.6) is 0 Å². The van der Waals surface area contributed by atoms with Crippen molar-refractivity contribution in [3.05, 3.63) is 35.1 Å². The number of imide groups is 1. The summed E-state index contributed by atoms with van der Waals surface area (Å²) in [5, 5.41) is 0. The molecule has 1 aromatic rings. The van der Waals surface area contributed by atoms with Crippen LogP contribution in [0.25, 0.3) is 0 Å². The number of likely N-dealkylation sites (tertiary alicyclic amines) is 1. The lowest BCUT2D eigenvalue weighted by atomic mass is 10.0. The van der Waals surface area contributed by atoms with Gasteiger partial charge >= 0.3 is 6.18 Å². The SMILES string of the molecule is C[C@@H]1C(=O)N(C(=O)C2[C@@H](C)[C@H]2C)[C@H]2CCN(S(=O)(=O)NCc3cc(C(F)(F)F)ccc3F)[C@H]12. The lowest BCUT2D eigenvalue weighted by molar-refractivity contribution is -0.146. The Bertz CT molecular complexity index is 1090. The lowest BCUT2D eigenvalue weighted by Gasteiger charge is -2.26. The zero-order valence-electron chi connectivity index (χ0n) is 18.3. The fourth-order valence-electron chi connectivity index (χ4n) is 5.13. The van der Waals surface area contributed by atoms with Crippen LogP contribution in [0.1, 0.15) is 38.3 Å². The number of fused-ring (bicyclic) bond motifs is 1. The predicted octanol–water partition coefficient (Wildman–Crippen LogP) is 2.53. The number of nitrogens with zero attached hydrogens (tertiary/aromatic N) is 2. The van der Waals surface area contributed by atoms with Gasteiger partial charge in [-0.05, 0) is 36.5 Å². The van der Waals surface area contributed by atoms with Crippen molar-refractivity contribution in [1.82, 2.24) is 13.9 Å². The second kappa shape index (κ2) is 8.02. The zero-order chi connectivity index (χ0) is 24.5. The largest absolute Gasteiger partial charge is 0.416 e. The molecule has 1 aromatic carbocycles. The fraction of sp³-hybridized carbons (Fsp3) is 0.619. The Kier molecular flexibility index (Phi) is 5.85. The average molecular weight is 492 g/mol. The maximum Gasteiger partial charge on any atom is 0.416 e. The Morgan fingerprint density at radius 3 is 2.39 bits per heavy atom. The topological polar surface area (TPSA) is 86.8 Å². The number of hydrogen-bond acceptors (Lipinski definition) is 4. The van der Waals surface area contributed by atoms with Crippen molar-refractivity contribution in [2.24, 2.45) is 23.7 Å². The Labute approximate surface area is 189 Å². The first kappa shape index (κ1) is 24.1. The van der Waals surface area contributed by atoms with Gasteiger partial charge < -0.3 is 0 Å². The molecule has 1 unspecified atom stereocenters. The number of carbonyl (C=O) groups excluding carboxylic acids is 2. The highest BCUT2D eigenvalue weighted by molar-refractivity contribution is 7.87. The number of hydrogen-bond donors (Lipinski definition) is 1. The van der Waals surface area contributed by atoms with Gasteiger partial charge in [-0.3, -0.25) is 14.5 Å². The van der Waals surface area contributed by atoms with Crippen molar-refractivity contribution >= 4 is 22.0 Å². The third kappa shape index (κ3) is 4.06. The van der Waals surface area contributed by atoms with E-state index in [-0.39, 0.29) is 36.6 Å². The second-order valence-corrected chi connectivity index (χ2v) is 10.9. The Morgan fingerprint density at radius 1 is 1.18 bits per heavy atom. The predicted molar refractivity (Wildman–Crippen MR) is 109 cm³/mol. The number of amides is 2. The van der Waals surface area contributed by atoms with E-state index >= 15 is 0 Å². The quantitative estimate of drug-likeness (QED) is 0.507. The third-order valence-electron chi connectivity index (χ3n) is 7.31. The van der Waals surface area contributed by atoms with E-state index in [1.54, 1.807) is 6.92 Å². The molecule has 4 rings (SSSR count). The molecule has 7 nitrogen and oxygen atoms in total. The van der Waals surface area contributed by atoms with Crippen LogP contribution >= 0.6 is 0 Å². The zero-order valence-corrected chi connectivity index (χ0v) is 19.1. The van der Waals surface area contributed by atoms with Crippen molar-refractivity contribution in [2.75, 3.05) is 6.54 Å². The highest BCUT2D eigenvalue weighted by Gasteiger charge is 2.60. The fourth-order valence-corrected chi connectivity index (χ4v) is 6.62. The van der Waals surface area contributed by atoms with E-state index in [9.17, 15) is 35.6 Å². The van der Waals surface area contributed by atoms with E-state index < -0.39 is 63.8 Å². The summed E-state index contributed by atoms with van der Waals surface area (Å²) in [7, 11) is -4.26. The van der Waals surface area contributed by atoms with E-state index in [1.807, 2.05) is 13.8 Å². The molecule has 33 heavy (non-hydrogen) atoms. The van der Waals surface area contributed by atoms with Gasteiger partial charge in [-0.1, -0.05) is 20.8 Å². The number of benzene rings is 1. The Morgan fingerprint density at radius 2 is 1.82 bits per heavy atom. The van der Waals surface area contributed by atoms with E-state index in [4.69, 9.17) is 0 Å². The molecule has 0 aromatic heterocycles. The number of carbonyl (C=O) groups is 2. The van der Waals surface area contributed by atoms with Crippen LogP contribution in [0.2, 0.25) is 0 Å². The Balaban J connectivity index is 1.51. The van der Waals surface area contributed by atoms with Gasteiger partial charge in [-0.25, -0.2) is 4.39 Å². The van der Waals surface area contributed by atoms with Crippen molar-refractivity contribution in [3.63, 3.8) is 0 Å². The van der Waals surface area contributed by atoms with Crippen LogP contribution in [-0.4, -0.2) is 48.1 Å². The number of halogens is 4. The molecule has 6 atom stereocenters. The van der Waals surface area contributed by atoms with Crippen molar-refractivity contribution < 1.29 is 35.6 Å². The van der Waals surface area contributed by atoms with Crippen LogP contribution < -0.4 is 4.72 Å². The summed E-state index contributed by atoms with van der Waals surface area (Å²) >= 11 is 0. The molecule has 1 aliphatic carbocycles. The molecule has 3 fully saturated rings. The van der Waals surface area contributed by atoms with Crippen molar-refractivity contribution in [3.8, 4) is 0 Å². The minimum absolute atomic E-state index is 0.0346. The monoisotopic (exact) mass is 491 g/mol. The van der Waals surface area contributed by atoms with Crippen LogP contribution in [0, 0.1) is 29.5 Å². The first-order valence-corrected chi connectivity index (χ1v) is 12.2. The van der Waals surface area contributed by atoms with Crippen molar-refractivity contribution in [1.29, 1.82) is 0 Å². The summed E-state index contributed by atoms with van der Waals surface area (Å²) < 4.78 is 82.0. The van der Waals surface area contributed by atoms with E-state index in [0.717, 1.165) is 4.31 Å². The second-order valence-electron chi connectivity index (χ2n) is 9.17. The molecule has 0 bridgehead atoms. The summed E-state index contributed by atoms with van der Waals surface area (Å²) in [4.78, 5) is 27.0. The summed E-state index contributed by atoms with van der Waals surface area (Å²) in [6.45, 7) is 4.77. The van der Waals surface area contributed by atoms with Crippen LogP contribution in [0.3, 0.4) is 0 Å². The number of alkyl halides is 3. The smallest absolute Gasteiger partial charge is 0.277 e. The molecule has 2 amide bonds. The van der Waals surface area contributed by atoms with Gasteiger partial charge in [-0.15, -0.1) is 0 Å². The van der Waals surface area contributed by atoms with Gasteiger partial charge in [0.2, 0.25) is 11.8 Å². The average Bonchev–Trinajstić information content (AvgIpc) is 3.04. The van der Waals surface area contributed by atoms with Crippen molar-refractivity contribution in [2.45, 2.75) is 52.0 Å². The molecule has 2 aliphatic heterocycles. The molecule has 0 radical (unpaired) electrons. The molecule has 3 aliphatic rings. The summed E-state index contributed by atoms with van der Waals surface area (Å²) in [6, 6.07) is 0.401. The molecule has 1 N–H and O–H groups in total. The summed E-state index contributed by atoms with van der Waals surface area (Å²) in [5.74, 6) is -2.38. The molecular weight excluding hydrogens is 466 g/mol. The highest BCUT2D eigenvalue weighted by atomic mass is 32.2. The highest BCUT2D eigenvalue weighted by Crippen LogP contribution is 2.49. The van der Waals surface area contributed by atoms with Gasteiger partial charge in [0.1, 0.15) is 5.82 Å². The third-order valence-corrected chi connectivity index (χ3v) is 8.87. The first-order chi connectivity index (χ1) is 15.3. The molecule has 182 valence electrons. The molecular formula is C21H25F4N3O4S. The van der Waals surface area contributed by atoms with Gasteiger partial charge in [0.25, 0.3) is 10.2 Å². The van der Waals surface area contributed by atoms with Crippen LogP contribution in [-0.2, 0) is 32.5 Å². The van der Waals surface area contributed by atoms with Crippen LogP contribution in [0.15, 0.2) is 18.2 Å². The van der Waals surface area contributed by atoms with E-state index in [0.29, 0.717) is 18.2 Å². The molecule has 12 heteroatoms. The minimum Gasteiger partial charge on any atom is -0.277 e. The van der Waals surface area contributed by atoms with E-state index in [2.05, 4.69) is 4.72 Å². The molecule has 2 saturated heterocycles. The lowest BCUT2D eigenvalue weighted by Crippen LogP contribution is -2.47. The first-order valence-electron chi connectivity index (χ1n) is 10.7. The summed E-state index contributed by atoms with van der Waals surface area (Å²) in [5.41, 5.74) is -1.54. The number of rotatable bonds is 5. The van der Waals surface area contributed by atoms with Gasteiger partial charge in [0.15, 0.2) is 0 Å². The van der Waals surface area contributed by atoms with Gasteiger partial charge in [-0.2, -0.15) is 30.6 Å². The maximum absolute atomic E-state index is 14.0. The standard InChI is InChI=1S/C21H25F4N3O4S/c1-10-11(2)17(10)20(30)28-16-6-7-27(18(16)12(3)19(28)29)33(31,32)26-9-13-8-14(21(23,24)25)4-5-15(13)22/h4-5,8,10-12,16-18,26H,6-7,9H2,1-3H3/t10-,11+,12-,16-,17?,18+/m0/s1. The molecule has 2 heterocycles. The maximum atomic E-state index is 14.0. The normalized spacial score (nSPS) is 32.3. The van der Waals surface area contributed by atoms with E-state index in [1.165, 1.54) is 4.90 Å². The number of nitrogens with one attached hydrogen (secondary N) is 1. The minimum atomic E-state index is -4.70. The molecule has 0 spiro atoms. The van der Waals surface area contributed by atoms with Crippen LogP contribution in [0.4, 0.5) is 17.6 Å². The van der Waals surface area contributed by atoms with Gasteiger partial charge in [0.05, 0.1) is 23.6 Å². The van der Waals surface area contributed by atoms with Gasteiger partial charge in [0, 0.05) is 24.6 Å².